The van der Waals surface area contributed by atoms with Gasteiger partial charge >= 0.3 is 11.9 Å². The number of esters is 2. The van der Waals surface area contributed by atoms with Crippen LogP contribution in [0, 0.1) is 0 Å². The van der Waals surface area contributed by atoms with Gasteiger partial charge in [-0.3, -0.25) is 9.59 Å². The third kappa shape index (κ3) is 15.1. The SMILES string of the molecule is CC(C)=CCC/C(C)=C\COC(=O)CCCC(=O)OCC=C(C)C. The molecule has 0 aromatic heterocycles. The van der Waals surface area contributed by atoms with Crippen molar-refractivity contribution < 1.29 is 19.1 Å². The van der Waals surface area contributed by atoms with E-state index in [4.69, 9.17) is 9.47 Å². The Labute approximate surface area is 146 Å². The van der Waals surface area contributed by atoms with Gasteiger partial charge in [0.15, 0.2) is 0 Å². The molecule has 0 N–H and O–H groups in total. The van der Waals surface area contributed by atoms with Crippen molar-refractivity contribution in [2.24, 2.45) is 0 Å². The van der Waals surface area contributed by atoms with Crippen molar-refractivity contribution in [1.29, 1.82) is 0 Å². The second kappa shape index (κ2) is 13.6. The van der Waals surface area contributed by atoms with E-state index >= 15 is 0 Å². The van der Waals surface area contributed by atoms with Crippen LogP contribution in [0.2, 0.25) is 0 Å². The van der Waals surface area contributed by atoms with Crippen LogP contribution in [0.4, 0.5) is 0 Å². The van der Waals surface area contributed by atoms with Crippen molar-refractivity contribution in [1.82, 2.24) is 0 Å². The van der Waals surface area contributed by atoms with Gasteiger partial charge in [-0.25, -0.2) is 0 Å². The summed E-state index contributed by atoms with van der Waals surface area (Å²) in [6.07, 6.45) is 8.89. The van der Waals surface area contributed by atoms with Gasteiger partial charge in [0.05, 0.1) is 0 Å². The summed E-state index contributed by atoms with van der Waals surface area (Å²) in [6.45, 7) is 10.7. The van der Waals surface area contributed by atoms with Crippen LogP contribution >= 0.6 is 0 Å². The fourth-order valence-electron chi connectivity index (χ4n) is 1.79. The lowest BCUT2D eigenvalue weighted by molar-refractivity contribution is -0.144. The van der Waals surface area contributed by atoms with Crippen LogP contribution in [0.1, 0.15) is 66.7 Å². The molecule has 136 valence electrons. The molecule has 0 bridgehead atoms. The van der Waals surface area contributed by atoms with E-state index in [0.717, 1.165) is 18.4 Å². The molecular formula is C20H32O4. The maximum Gasteiger partial charge on any atom is 0.306 e. The Kier molecular flexibility index (Phi) is 12.5. The van der Waals surface area contributed by atoms with Gasteiger partial charge in [-0.15, -0.1) is 0 Å². The molecule has 0 saturated heterocycles. The van der Waals surface area contributed by atoms with Crippen molar-refractivity contribution in [3.8, 4) is 0 Å². The third-order valence-electron chi connectivity index (χ3n) is 3.27. The number of hydrogen-bond acceptors (Lipinski definition) is 4. The first kappa shape index (κ1) is 22.2. The van der Waals surface area contributed by atoms with Gasteiger partial charge in [0, 0.05) is 12.8 Å². The van der Waals surface area contributed by atoms with Crippen LogP contribution < -0.4 is 0 Å². The molecule has 0 amide bonds. The van der Waals surface area contributed by atoms with E-state index in [2.05, 4.69) is 19.9 Å². The minimum Gasteiger partial charge on any atom is -0.461 e. The van der Waals surface area contributed by atoms with Crippen LogP contribution in [0.25, 0.3) is 0 Å². The summed E-state index contributed by atoms with van der Waals surface area (Å²) in [5.74, 6) is -0.559. The molecule has 24 heavy (non-hydrogen) atoms. The van der Waals surface area contributed by atoms with E-state index in [1.54, 1.807) is 0 Å². The van der Waals surface area contributed by atoms with E-state index in [1.165, 1.54) is 11.1 Å². The predicted molar refractivity (Wildman–Crippen MR) is 97.6 cm³/mol. The molecule has 4 heteroatoms. The van der Waals surface area contributed by atoms with Crippen LogP contribution in [0.15, 0.2) is 34.9 Å². The number of carbonyl (C=O) groups excluding carboxylic acids is 2. The molecular weight excluding hydrogens is 304 g/mol. The Hall–Kier alpha value is -1.84. The van der Waals surface area contributed by atoms with Crippen molar-refractivity contribution >= 4 is 11.9 Å². The molecule has 0 unspecified atom stereocenters. The number of allylic oxidation sites excluding steroid dienone is 4. The third-order valence-corrected chi connectivity index (χ3v) is 3.27. The van der Waals surface area contributed by atoms with Crippen LogP contribution in [0.3, 0.4) is 0 Å². The minimum atomic E-state index is -0.282. The van der Waals surface area contributed by atoms with Gasteiger partial charge < -0.3 is 9.47 Å². The summed E-state index contributed by atoms with van der Waals surface area (Å²) >= 11 is 0. The van der Waals surface area contributed by atoms with Crippen molar-refractivity contribution in [3.63, 3.8) is 0 Å². The van der Waals surface area contributed by atoms with Gasteiger partial charge in [-0.1, -0.05) is 22.8 Å². The summed E-state index contributed by atoms with van der Waals surface area (Å²) in [5.41, 5.74) is 3.63. The van der Waals surface area contributed by atoms with Gasteiger partial charge in [-0.2, -0.15) is 0 Å². The van der Waals surface area contributed by atoms with Gasteiger partial charge in [0.2, 0.25) is 0 Å². The van der Waals surface area contributed by atoms with Gasteiger partial charge in [0.25, 0.3) is 0 Å². The number of ether oxygens (including phenoxy) is 2. The summed E-state index contributed by atoms with van der Waals surface area (Å²) < 4.78 is 10.2. The van der Waals surface area contributed by atoms with E-state index in [0.29, 0.717) is 19.6 Å². The molecule has 4 nitrogen and oxygen atoms in total. The lowest BCUT2D eigenvalue weighted by Gasteiger charge is -2.04. The highest BCUT2D eigenvalue weighted by Gasteiger charge is 2.06. The van der Waals surface area contributed by atoms with E-state index in [1.807, 2.05) is 32.9 Å². The predicted octanol–water partition coefficient (Wildman–Crippen LogP) is 4.90. The van der Waals surface area contributed by atoms with Crippen LogP contribution in [-0.2, 0) is 19.1 Å². The fourth-order valence-corrected chi connectivity index (χ4v) is 1.79. The molecule has 0 radical (unpaired) electrons. The molecule has 0 aromatic rings. The Morgan fingerprint density at radius 1 is 0.708 bits per heavy atom. The monoisotopic (exact) mass is 336 g/mol. The molecule has 0 rings (SSSR count). The molecule has 0 fully saturated rings. The summed E-state index contributed by atoms with van der Waals surface area (Å²) in [6, 6.07) is 0. The molecule has 0 aliphatic carbocycles. The Balaban J connectivity index is 3.77. The smallest absolute Gasteiger partial charge is 0.306 e. The molecule has 0 spiro atoms. The van der Waals surface area contributed by atoms with Gasteiger partial charge in [-0.05, 0) is 66.0 Å². The summed E-state index contributed by atoms with van der Waals surface area (Å²) in [5, 5.41) is 0. The molecule has 0 aliphatic heterocycles. The minimum absolute atomic E-state index is 0.238. The first-order valence-corrected chi connectivity index (χ1v) is 8.55. The number of hydrogen-bond donors (Lipinski definition) is 0. The molecule has 0 heterocycles. The number of rotatable bonds is 11. The Bertz CT molecular complexity index is 476. The van der Waals surface area contributed by atoms with Crippen molar-refractivity contribution in [2.45, 2.75) is 66.7 Å². The largest absolute Gasteiger partial charge is 0.461 e. The quantitative estimate of drug-likeness (QED) is 0.398. The topological polar surface area (TPSA) is 52.6 Å². The average molecular weight is 336 g/mol. The lowest BCUT2D eigenvalue weighted by atomic mass is 10.1. The molecule has 0 atom stereocenters. The zero-order valence-corrected chi connectivity index (χ0v) is 15.8. The lowest BCUT2D eigenvalue weighted by Crippen LogP contribution is -2.08. The first-order chi connectivity index (χ1) is 11.3. The average Bonchev–Trinajstić information content (AvgIpc) is 2.46. The molecule has 0 aromatic carbocycles. The zero-order chi connectivity index (χ0) is 18.4. The van der Waals surface area contributed by atoms with E-state index in [9.17, 15) is 9.59 Å². The van der Waals surface area contributed by atoms with Gasteiger partial charge in [0.1, 0.15) is 13.2 Å². The van der Waals surface area contributed by atoms with E-state index in [-0.39, 0.29) is 24.8 Å². The fraction of sp³-hybridized carbons (Fsp3) is 0.600. The zero-order valence-electron chi connectivity index (χ0n) is 15.8. The second-order valence-electron chi connectivity index (χ2n) is 6.37. The van der Waals surface area contributed by atoms with Crippen molar-refractivity contribution in [2.75, 3.05) is 13.2 Å². The van der Waals surface area contributed by atoms with Crippen molar-refractivity contribution in [3.05, 3.63) is 34.9 Å². The van der Waals surface area contributed by atoms with Crippen LogP contribution in [0.5, 0.6) is 0 Å². The Morgan fingerprint density at radius 2 is 1.21 bits per heavy atom. The highest BCUT2D eigenvalue weighted by molar-refractivity contribution is 5.72. The molecule has 0 aliphatic rings. The van der Waals surface area contributed by atoms with E-state index < -0.39 is 0 Å². The normalized spacial score (nSPS) is 10.8. The van der Waals surface area contributed by atoms with Crippen LogP contribution in [-0.4, -0.2) is 25.2 Å². The first-order valence-electron chi connectivity index (χ1n) is 8.55. The maximum absolute atomic E-state index is 11.6. The summed E-state index contributed by atoms with van der Waals surface area (Å²) in [7, 11) is 0. The highest BCUT2D eigenvalue weighted by Crippen LogP contribution is 2.07. The Morgan fingerprint density at radius 3 is 1.71 bits per heavy atom. The number of carbonyl (C=O) groups is 2. The highest BCUT2D eigenvalue weighted by atomic mass is 16.5. The maximum atomic E-state index is 11.6. The standard InChI is InChI=1S/C20H32O4/c1-16(2)8-6-9-18(5)13-15-24-20(22)11-7-10-19(21)23-14-12-17(3)4/h8,12-13H,6-7,9-11,14-15H2,1-5H3/b18-13-. The molecule has 0 saturated carbocycles. The summed E-state index contributed by atoms with van der Waals surface area (Å²) in [4.78, 5) is 23.0. The second-order valence-corrected chi connectivity index (χ2v) is 6.37.